The van der Waals surface area contributed by atoms with E-state index in [9.17, 15) is 13.6 Å². The van der Waals surface area contributed by atoms with Gasteiger partial charge in [0.05, 0.1) is 12.8 Å². The lowest BCUT2D eigenvalue weighted by Crippen LogP contribution is -2.43. The number of carbonyl (C=O) groups is 1. The molecule has 1 heterocycles. The summed E-state index contributed by atoms with van der Waals surface area (Å²) in [4.78, 5) is 16.7. The standard InChI is InChI=1S/C17H19F2N3O2/c1-24-16-21-14(12-6-3-2-4-7-12)11-22(16)15(23)20-13-8-5-9-17(18,19)10-13/h2-4,6-7,11,13H,5,8-10H2,1H3,(H,20,23). The summed E-state index contributed by atoms with van der Waals surface area (Å²) in [6.45, 7) is 0. The van der Waals surface area contributed by atoms with Crippen molar-refractivity contribution in [1.29, 1.82) is 0 Å². The van der Waals surface area contributed by atoms with Crippen LogP contribution in [0.3, 0.4) is 0 Å². The van der Waals surface area contributed by atoms with E-state index in [1.165, 1.54) is 11.7 Å². The molecule has 0 saturated heterocycles. The van der Waals surface area contributed by atoms with Crippen LogP contribution in [-0.2, 0) is 0 Å². The second-order valence-electron chi connectivity index (χ2n) is 5.95. The lowest BCUT2D eigenvalue weighted by molar-refractivity contribution is -0.0425. The molecule has 0 aliphatic heterocycles. The highest BCUT2D eigenvalue weighted by Gasteiger charge is 2.37. The normalized spacial score (nSPS) is 19.7. The molecule has 1 aliphatic carbocycles. The summed E-state index contributed by atoms with van der Waals surface area (Å²) in [6, 6.07) is 8.41. The van der Waals surface area contributed by atoms with Gasteiger partial charge in [-0.2, -0.15) is 4.98 Å². The fourth-order valence-electron chi connectivity index (χ4n) is 2.94. The van der Waals surface area contributed by atoms with Crippen molar-refractivity contribution in [3.8, 4) is 17.3 Å². The van der Waals surface area contributed by atoms with Gasteiger partial charge in [-0.25, -0.2) is 18.1 Å². The van der Waals surface area contributed by atoms with Crippen LogP contribution < -0.4 is 10.1 Å². The largest absolute Gasteiger partial charge is 0.468 e. The van der Waals surface area contributed by atoms with Gasteiger partial charge in [0.1, 0.15) is 0 Å². The van der Waals surface area contributed by atoms with Crippen LogP contribution in [0.15, 0.2) is 36.5 Å². The smallest absolute Gasteiger partial charge is 0.329 e. The molecule has 3 rings (SSSR count). The van der Waals surface area contributed by atoms with E-state index in [1.54, 1.807) is 6.20 Å². The van der Waals surface area contributed by atoms with Gasteiger partial charge < -0.3 is 10.1 Å². The Bertz CT molecular complexity index is 716. The van der Waals surface area contributed by atoms with Gasteiger partial charge in [-0.05, 0) is 12.8 Å². The predicted octanol–water partition coefficient (Wildman–Crippen LogP) is 3.69. The molecule has 1 aliphatic rings. The maximum atomic E-state index is 13.5. The Kier molecular flexibility index (Phi) is 4.51. The second-order valence-corrected chi connectivity index (χ2v) is 5.95. The first-order chi connectivity index (χ1) is 11.5. The quantitative estimate of drug-likeness (QED) is 0.930. The summed E-state index contributed by atoms with van der Waals surface area (Å²) in [6.07, 6.45) is 2.04. The Morgan fingerprint density at radius 1 is 1.38 bits per heavy atom. The number of nitrogens with one attached hydrogen (secondary N) is 1. The van der Waals surface area contributed by atoms with Crippen molar-refractivity contribution in [3.63, 3.8) is 0 Å². The highest BCUT2D eigenvalue weighted by atomic mass is 19.3. The fraction of sp³-hybridized carbons (Fsp3) is 0.412. The van der Waals surface area contributed by atoms with E-state index in [-0.39, 0.29) is 18.9 Å². The maximum Gasteiger partial charge on any atom is 0.329 e. The molecule has 5 nitrogen and oxygen atoms in total. The Labute approximate surface area is 138 Å². The Balaban J connectivity index is 1.78. The van der Waals surface area contributed by atoms with Crippen LogP contribution in [0, 0.1) is 0 Å². The molecule has 128 valence electrons. The van der Waals surface area contributed by atoms with Crippen LogP contribution in [0.25, 0.3) is 11.3 Å². The van der Waals surface area contributed by atoms with Gasteiger partial charge in [-0.1, -0.05) is 30.3 Å². The number of nitrogens with zero attached hydrogens (tertiary/aromatic N) is 2. The van der Waals surface area contributed by atoms with E-state index in [2.05, 4.69) is 10.3 Å². The molecule has 1 N–H and O–H groups in total. The molecule has 1 aromatic heterocycles. The van der Waals surface area contributed by atoms with Crippen LogP contribution in [0.1, 0.15) is 25.7 Å². The molecule has 7 heteroatoms. The van der Waals surface area contributed by atoms with Gasteiger partial charge in [0.15, 0.2) is 0 Å². The number of alkyl halides is 2. The zero-order valence-corrected chi connectivity index (χ0v) is 13.3. The van der Waals surface area contributed by atoms with Crippen molar-refractivity contribution >= 4 is 6.03 Å². The number of ether oxygens (including phenoxy) is 1. The molecule has 24 heavy (non-hydrogen) atoms. The van der Waals surface area contributed by atoms with E-state index in [4.69, 9.17) is 4.74 Å². The minimum atomic E-state index is -2.72. The lowest BCUT2D eigenvalue weighted by atomic mass is 9.92. The van der Waals surface area contributed by atoms with Crippen LogP contribution in [0.2, 0.25) is 0 Å². The van der Waals surface area contributed by atoms with E-state index >= 15 is 0 Å². The first-order valence-electron chi connectivity index (χ1n) is 7.86. The number of amides is 1. The fourth-order valence-corrected chi connectivity index (χ4v) is 2.94. The number of aromatic nitrogens is 2. The topological polar surface area (TPSA) is 56.2 Å². The van der Waals surface area contributed by atoms with Crippen molar-refractivity contribution in [1.82, 2.24) is 14.9 Å². The number of imidazole rings is 1. The monoisotopic (exact) mass is 335 g/mol. The maximum absolute atomic E-state index is 13.5. The number of carbonyl (C=O) groups excluding carboxylic acids is 1. The third-order valence-corrected chi connectivity index (χ3v) is 4.11. The number of methoxy groups -OCH3 is 1. The van der Waals surface area contributed by atoms with Gasteiger partial charge in [0.2, 0.25) is 5.92 Å². The minimum Gasteiger partial charge on any atom is -0.468 e. The molecule has 0 spiro atoms. The van der Waals surface area contributed by atoms with Crippen molar-refractivity contribution in [3.05, 3.63) is 36.5 Å². The van der Waals surface area contributed by atoms with Gasteiger partial charge in [-0.15, -0.1) is 0 Å². The highest BCUT2D eigenvalue weighted by Crippen LogP contribution is 2.33. The molecule has 2 aromatic rings. The van der Waals surface area contributed by atoms with Gasteiger partial charge in [-0.3, -0.25) is 0 Å². The first-order valence-corrected chi connectivity index (χ1v) is 7.86. The molecule has 1 amide bonds. The summed E-state index contributed by atoms with van der Waals surface area (Å²) >= 11 is 0. The van der Waals surface area contributed by atoms with Crippen LogP contribution in [0.4, 0.5) is 13.6 Å². The molecular weight excluding hydrogens is 316 g/mol. The van der Waals surface area contributed by atoms with Crippen molar-refractivity contribution in [2.24, 2.45) is 0 Å². The van der Waals surface area contributed by atoms with E-state index in [0.717, 1.165) is 5.56 Å². The Morgan fingerprint density at radius 2 is 2.12 bits per heavy atom. The van der Waals surface area contributed by atoms with Gasteiger partial charge >= 0.3 is 12.0 Å². The van der Waals surface area contributed by atoms with Crippen molar-refractivity contribution < 1.29 is 18.3 Å². The molecular formula is C17H19F2N3O2. The number of benzene rings is 1. The summed E-state index contributed by atoms with van der Waals surface area (Å²) < 4.78 is 33.3. The van der Waals surface area contributed by atoms with Crippen LogP contribution >= 0.6 is 0 Å². The Morgan fingerprint density at radius 3 is 2.79 bits per heavy atom. The van der Waals surface area contributed by atoms with Crippen molar-refractivity contribution in [2.75, 3.05) is 7.11 Å². The first kappa shape index (κ1) is 16.4. The zero-order chi connectivity index (χ0) is 17.2. The summed E-state index contributed by atoms with van der Waals surface area (Å²) in [5, 5.41) is 2.65. The molecule has 1 atom stereocenters. The minimum absolute atomic E-state index is 0.119. The highest BCUT2D eigenvalue weighted by molar-refractivity contribution is 5.80. The number of hydrogen-bond donors (Lipinski definition) is 1. The van der Waals surface area contributed by atoms with E-state index in [1.807, 2.05) is 30.3 Å². The molecule has 0 radical (unpaired) electrons. The summed E-state index contributed by atoms with van der Waals surface area (Å²) in [7, 11) is 1.41. The van der Waals surface area contributed by atoms with Crippen molar-refractivity contribution in [2.45, 2.75) is 37.6 Å². The SMILES string of the molecule is COc1nc(-c2ccccc2)cn1C(=O)NC1CCCC(F)(F)C1. The van der Waals surface area contributed by atoms with Gasteiger partial charge in [0, 0.05) is 30.6 Å². The lowest BCUT2D eigenvalue weighted by Gasteiger charge is -2.29. The van der Waals surface area contributed by atoms with Crippen LogP contribution in [0.5, 0.6) is 6.01 Å². The molecule has 1 aromatic carbocycles. The molecule has 0 bridgehead atoms. The van der Waals surface area contributed by atoms with Crippen LogP contribution in [-0.4, -0.2) is 34.7 Å². The summed E-state index contributed by atoms with van der Waals surface area (Å²) in [5.74, 6) is -2.72. The average molecular weight is 335 g/mol. The number of hydrogen-bond acceptors (Lipinski definition) is 3. The molecule has 1 saturated carbocycles. The average Bonchev–Trinajstić information content (AvgIpc) is 2.99. The second kappa shape index (κ2) is 6.59. The van der Waals surface area contributed by atoms with E-state index in [0.29, 0.717) is 18.5 Å². The number of rotatable bonds is 3. The predicted molar refractivity (Wildman–Crippen MR) is 85.3 cm³/mol. The Hall–Kier alpha value is -2.44. The zero-order valence-electron chi connectivity index (χ0n) is 13.3. The summed E-state index contributed by atoms with van der Waals surface area (Å²) in [5.41, 5.74) is 1.42. The molecule has 1 unspecified atom stereocenters. The van der Waals surface area contributed by atoms with E-state index < -0.39 is 18.0 Å². The third-order valence-electron chi connectivity index (χ3n) is 4.11. The molecule has 1 fully saturated rings. The van der Waals surface area contributed by atoms with Gasteiger partial charge in [0.25, 0.3) is 0 Å². The third kappa shape index (κ3) is 3.55. The number of halogens is 2.